The van der Waals surface area contributed by atoms with E-state index >= 15 is 0 Å². The Morgan fingerprint density at radius 2 is 2.47 bits per heavy atom. The third kappa shape index (κ3) is 2.11. The van der Waals surface area contributed by atoms with Gasteiger partial charge in [-0.05, 0) is 19.0 Å². The molecular formula is C11H17N3O. The Morgan fingerprint density at radius 3 is 3.20 bits per heavy atom. The zero-order valence-electron chi connectivity index (χ0n) is 8.94. The zero-order valence-corrected chi connectivity index (χ0v) is 8.94. The van der Waals surface area contributed by atoms with E-state index in [-0.39, 0.29) is 6.04 Å². The summed E-state index contributed by atoms with van der Waals surface area (Å²) in [6.45, 7) is 1.87. The van der Waals surface area contributed by atoms with Crippen LogP contribution in [0.15, 0.2) is 18.3 Å². The molecule has 1 saturated heterocycles. The van der Waals surface area contributed by atoms with Crippen LogP contribution in [0.4, 0.5) is 0 Å². The van der Waals surface area contributed by atoms with E-state index < -0.39 is 0 Å². The Kier molecular flexibility index (Phi) is 3.18. The van der Waals surface area contributed by atoms with Crippen LogP contribution in [0.1, 0.15) is 17.9 Å². The first-order chi connectivity index (χ1) is 7.33. The van der Waals surface area contributed by atoms with Crippen LogP contribution in [-0.2, 0) is 0 Å². The van der Waals surface area contributed by atoms with Crippen molar-refractivity contribution in [2.75, 3.05) is 20.2 Å². The maximum absolute atomic E-state index is 6.09. The number of rotatable bonds is 2. The van der Waals surface area contributed by atoms with Crippen molar-refractivity contribution >= 4 is 0 Å². The van der Waals surface area contributed by atoms with Gasteiger partial charge in [-0.15, -0.1) is 0 Å². The summed E-state index contributed by atoms with van der Waals surface area (Å²) in [5.74, 6) is 1.06. The quantitative estimate of drug-likeness (QED) is 0.741. The Balaban J connectivity index is 2.26. The summed E-state index contributed by atoms with van der Waals surface area (Å²) in [6, 6.07) is 4.14. The minimum absolute atomic E-state index is 0.150. The number of ether oxygens (including phenoxy) is 1. The van der Waals surface area contributed by atoms with E-state index in [9.17, 15) is 0 Å². The van der Waals surface area contributed by atoms with Crippen molar-refractivity contribution in [3.05, 3.63) is 23.9 Å². The van der Waals surface area contributed by atoms with E-state index in [0.717, 1.165) is 25.1 Å². The molecule has 3 N–H and O–H groups in total. The fourth-order valence-corrected chi connectivity index (χ4v) is 2.12. The molecule has 2 unspecified atom stereocenters. The molecule has 0 saturated carbocycles. The van der Waals surface area contributed by atoms with Crippen LogP contribution in [0.2, 0.25) is 0 Å². The fourth-order valence-electron chi connectivity index (χ4n) is 2.12. The number of nitrogens with zero attached hydrogens (tertiary/aromatic N) is 1. The number of pyridine rings is 1. The Morgan fingerprint density at radius 1 is 1.60 bits per heavy atom. The second kappa shape index (κ2) is 4.59. The fraction of sp³-hybridized carbons (Fsp3) is 0.545. The van der Waals surface area contributed by atoms with E-state index in [1.165, 1.54) is 0 Å². The molecule has 15 heavy (non-hydrogen) atoms. The van der Waals surface area contributed by atoms with Gasteiger partial charge in [-0.3, -0.25) is 0 Å². The van der Waals surface area contributed by atoms with Crippen molar-refractivity contribution in [2.45, 2.75) is 18.4 Å². The Bertz CT molecular complexity index is 329. The summed E-state index contributed by atoms with van der Waals surface area (Å²) in [4.78, 5) is 4.21. The van der Waals surface area contributed by atoms with Crippen LogP contribution >= 0.6 is 0 Å². The largest absolute Gasteiger partial charge is 0.481 e. The number of hydrogen-bond donors (Lipinski definition) is 2. The van der Waals surface area contributed by atoms with E-state index in [0.29, 0.717) is 11.8 Å². The van der Waals surface area contributed by atoms with Gasteiger partial charge < -0.3 is 15.8 Å². The summed E-state index contributed by atoms with van der Waals surface area (Å²) in [5.41, 5.74) is 7.22. The summed E-state index contributed by atoms with van der Waals surface area (Å²) >= 11 is 0. The molecule has 0 radical (unpaired) electrons. The number of hydrogen-bond acceptors (Lipinski definition) is 4. The van der Waals surface area contributed by atoms with E-state index in [1.807, 2.05) is 6.07 Å². The number of nitrogens with one attached hydrogen (secondary N) is 1. The van der Waals surface area contributed by atoms with Crippen LogP contribution in [0, 0.1) is 0 Å². The van der Waals surface area contributed by atoms with E-state index in [1.54, 1.807) is 13.3 Å². The van der Waals surface area contributed by atoms with Gasteiger partial charge in [-0.25, -0.2) is 4.98 Å². The van der Waals surface area contributed by atoms with Crippen LogP contribution in [0.25, 0.3) is 0 Å². The van der Waals surface area contributed by atoms with Crippen LogP contribution in [-0.4, -0.2) is 31.2 Å². The normalized spacial score (nSPS) is 26.3. The van der Waals surface area contributed by atoms with Gasteiger partial charge in [-0.2, -0.15) is 0 Å². The lowest BCUT2D eigenvalue weighted by Crippen LogP contribution is -2.44. The lowest BCUT2D eigenvalue weighted by Gasteiger charge is -2.30. The molecule has 4 heteroatoms. The molecule has 0 aromatic carbocycles. The monoisotopic (exact) mass is 207 g/mol. The highest BCUT2D eigenvalue weighted by Gasteiger charge is 2.25. The topological polar surface area (TPSA) is 60.2 Å². The average Bonchev–Trinajstić information content (AvgIpc) is 2.30. The molecule has 2 atom stereocenters. The first-order valence-corrected chi connectivity index (χ1v) is 5.28. The highest BCUT2D eigenvalue weighted by atomic mass is 16.5. The van der Waals surface area contributed by atoms with E-state index in [2.05, 4.69) is 16.4 Å². The third-order valence-corrected chi connectivity index (χ3v) is 2.92. The van der Waals surface area contributed by atoms with Gasteiger partial charge >= 0.3 is 0 Å². The predicted molar refractivity (Wildman–Crippen MR) is 59.0 cm³/mol. The van der Waals surface area contributed by atoms with Gasteiger partial charge in [0.25, 0.3) is 0 Å². The smallest absolute Gasteiger partial charge is 0.216 e. The Labute approximate surface area is 89.8 Å². The molecule has 1 aliphatic rings. The third-order valence-electron chi connectivity index (χ3n) is 2.92. The molecule has 2 heterocycles. The highest BCUT2D eigenvalue weighted by molar-refractivity contribution is 5.31. The molecule has 0 aliphatic carbocycles. The molecule has 1 aromatic rings. The van der Waals surface area contributed by atoms with Gasteiger partial charge in [0.2, 0.25) is 5.88 Å². The molecule has 1 fully saturated rings. The standard InChI is InChI=1S/C11H17N3O/c1-15-11-9(3-2-5-14-11)8-4-6-13-7-10(8)12/h2-3,5,8,10,13H,4,6-7,12H2,1H3. The summed E-state index contributed by atoms with van der Waals surface area (Å²) in [7, 11) is 1.65. The number of piperidine rings is 1. The average molecular weight is 207 g/mol. The Hall–Kier alpha value is -1.13. The molecule has 4 nitrogen and oxygen atoms in total. The van der Waals surface area contributed by atoms with Crippen molar-refractivity contribution in [1.29, 1.82) is 0 Å². The van der Waals surface area contributed by atoms with Crippen molar-refractivity contribution in [2.24, 2.45) is 5.73 Å². The van der Waals surface area contributed by atoms with Crippen LogP contribution < -0.4 is 15.8 Å². The molecule has 1 aliphatic heterocycles. The molecule has 0 amide bonds. The van der Waals surface area contributed by atoms with Crippen molar-refractivity contribution in [3.63, 3.8) is 0 Å². The maximum Gasteiger partial charge on any atom is 0.216 e. The molecule has 0 bridgehead atoms. The van der Waals surface area contributed by atoms with Crippen molar-refractivity contribution < 1.29 is 4.74 Å². The van der Waals surface area contributed by atoms with Gasteiger partial charge in [0.15, 0.2) is 0 Å². The van der Waals surface area contributed by atoms with Crippen LogP contribution in [0.5, 0.6) is 5.88 Å². The molecule has 2 rings (SSSR count). The lowest BCUT2D eigenvalue weighted by molar-refractivity contribution is 0.361. The predicted octanol–water partition coefficient (Wildman–Crippen LogP) is 0.494. The molecule has 82 valence electrons. The highest BCUT2D eigenvalue weighted by Crippen LogP contribution is 2.30. The summed E-state index contributed by atoms with van der Waals surface area (Å²) in [6.07, 6.45) is 2.79. The van der Waals surface area contributed by atoms with Gasteiger partial charge in [0.05, 0.1) is 7.11 Å². The summed E-state index contributed by atoms with van der Waals surface area (Å²) in [5, 5.41) is 3.29. The first kappa shape index (κ1) is 10.4. The van der Waals surface area contributed by atoms with Gasteiger partial charge in [0, 0.05) is 30.3 Å². The van der Waals surface area contributed by atoms with Crippen LogP contribution in [0.3, 0.4) is 0 Å². The van der Waals surface area contributed by atoms with Gasteiger partial charge in [0.1, 0.15) is 0 Å². The molecular weight excluding hydrogens is 190 g/mol. The van der Waals surface area contributed by atoms with Gasteiger partial charge in [-0.1, -0.05) is 6.07 Å². The second-order valence-corrected chi connectivity index (χ2v) is 3.87. The van der Waals surface area contributed by atoms with Crippen molar-refractivity contribution in [1.82, 2.24) is 10.3 Å². The second-order valence-electron chi connectivity index (χ2n) is 3.87. The van der Waals surface area contributed by atoms with E-state index in [4.69, 9.17) is 10.5 Å². The minimum Gasteiger partial charge on any atom is -0.481 e. The molecule has 0 spiro atoms. The number of aromatic nitrogens is 1. The maximum atomic E-state index is 6.09. The lowest BCUT2D eigenvalue weighted by atomic mass is 9.87. The number of nitrogens with two attached hydrogens (primary N) is 1. The first-order valence-electron chi connectivity index (χ1n) is 5.28. The summed E-state index contributed by atoms with van der Waals surface area (Å²) < 4.78 is 5.26. The minimum atomic E-state index is 0.150. The number of methoxy groups -OCH3 is 1. The van der Waals surface area contributed by atoms with Crippen molar-refractivity contribution in [3.8, 4) is 5.88 Å². The SMILES string of the molecule is COc1ncccc1C1CCNCC1N. The zero-order chi connectivity index (χ0) is 10.7. The molecule has 1 aromatic heterocycles.